The van der Waals surface area contributed by atoms with Gasteiger partial charge in [-0.3, -0.25) is 9.47 Å². The van der Waals surface area contributed by atoms with Gasteiger partial charge in [-0.05, 0) is 0 Å². The van der Waals surface area contributed by atoms with E-state index in [2.05, 4.69) is 33.2 Å². The van der Waals surface area contributed by atoms with Gasteiger partial charge < -0.3 is 23.7 Å². The van der Waals surface area contributed by atoms with Gasteiger partial charge in [0.1, 0.15) is 51.8 Å². The summed E-state index contributed by atoms with van der Waals surface area (Å²) in [6.07, 6.45) is -61.0. The molecular weight excluding hydrogens is 982 g/mol. The van der Waals surface area contributed by atoms with Crippen LogP contribution in [0.25, 0.3) is 0 Å². The molecule has 1 fully saturated rings. The van der Waals surface area contributed by atoms with Crippen LogP contribution in [0.5, 0.6) is 0 Å². The van der Waals surface area contributed by atoms with Crippen LogP contribution in [0.3, 0.4) is 0 Å². The van der Waals surface area contributed by atoms with Crippen LogP contribution in [0.2, 0.25) is 0 Å². The number of carbonyl (C=O) groups is 1. The van der Waals surface area contributed by atoms with Gasteiger partial charge >= 0.3 is 48.5 Å². The molecule has 0 amide bonds. The highest BCUT2D eigenvalue weighted by Gasteiger charge is 2.64. The molecule has 0 spiro atoms. The van der Waals surface area contributed by atoms with Gasteiger partial charge in [0.05, 0.1) is 26.4 Å². The number of esters is 1. The Hall–Kier alpha value is -2.59. The second-order valence-corrected chi connectivity index (χ2v) is 14.1. The van der Waals surface area contributed by atoms with E-state index in [0.29, 0.717) is 0 Å². The highest BCUT2D eigenvalue weighted by Crippen LogP contribution is 2.49. The minimum Gasteiger partial charge on any atom is -0.465 e. The van der Waals surface area contributed by atoms with Gasteiger partial charge in [0, 0.05) is 12.8 Å². The minimum atomic E-state index is -5.99. The third-order valence-corrected chi connectivity index (χ3v) is 7.42. The smallest absolute Gasteiger partial charge is 0.383 e. The third kappa shape index (κ3) is 21.4. The van der Waals surface area contributed by atoms with E-state index < -0.39 is 174 Å². The number of hydrogen-bond donors (Lipinski definition) is 0. The summed E-state index contributed by atoms with van der Waals surface area (Å²) in [6.45, 7) is -10.5. The van der Waals surface area contributed by atoms with Crippen molar-refractivity contribution in [1.82, 2.24) is 0 Å². The van der Waals surface area contributed by atoms with E-state index >= 15 is 0 Å². The van der Waals surface area contributed by atoms with Crippen molar-refractivity contribution in [2.24, 2.45) is 0 Å². The van der Waals surface area contributed by atoms with Crippen molar-refractivity contribution < 1.29 is 152 Å². The molecule has 0 aromatic rings. The van der Waals surface area contributed by atoms with E-state index in [1.165, 1.54) is 0 Å². The summed E-state index contributed by atoms with van der Waals surface area (Å²) in [5.41, 5.74) is 0. The average Bonchev–Trinajstić information content (AvgIpc) is 2.97. The van der Waals surface area contributed by atoms with Gasteiger partial charge in [0.2, 0.25) is 0 Å². The average molecular weight is 1010 g/mol. The summed E-state index contributed by atoms with van der Waals surface area (Å²) < 4.78 is 382. The SMILES string of the molecule is CCC(F)(F)OC1CC(F)(F)C1OC(F)(F)CC(F)(F)CC(F)(F)COCC(F)(F)OC(F)(F)CC(F)(F)CC(F)(F)COCC(F)(F)OC(F)(F)CC(F)(F)CC(F)(F)C(=O)OC. The normalized spacial score (nSPS) is 19.2. The maximum Gasteiger partial charge on any atom is 0.383 e. The molecule has 1 saturated carbocycles. The highest BCUT2D eigenvalue weighted by atomic mass is 19.3. The van der Waals surface area contributed by atoms with Gasteiger partial charge in [-0.15, -0.1) is 0 Å². The van der Waals surface area contributed by atoms with Crippen molar-refractivity contribution >= 4 is 5.97 Å². The molecule has 382 valence electrons. The molecule has 1 rings (SSSR count). The fourth-order valence-electron chi connectivity index (χ4n) is 5.10. The summed E-state index contributed by atoms with van der Waals surface area (Å²) >= 11 is 0. The van der Waals surface area contributed by atoms with Crippen LogP contribution in [-0.4, -0.2) is 130 Å². The standard InChI is InChI=1S/C30H32F26O8/c1-3-25(45,46)61-15-4-23(41,42)16(15)62-26(47,48)8-18(31,32)5-21(37,38)11-59-13-29(53,54)63-27(49,50)9-19(33,34)6-22(39,40)12-60-14-30(55,56)64-28(51,52)10-20(35,36)7-24(43,44)17(57)58-2/h15-16H,3-14H2,1-2H3. The van der Waals surface area contributed by atoms with Crippen LogP contribution in [-0.2, 0) is 38.0 Å². The first kappa shape index (κ1) is 59.4. The molecule has 0 heterocycles. The number of halogens is 26. The molecule has 1 aliphatic rings. The van der Waals surface area contributed by atoms with Crippen LogP contribution in [0.1, 0.15) is 58.3 Å². The number of carbonyl (C=O) groups excluding carboxylic acids is 1. The molecule has 64 heavy (non-hydrogen) atoms. The fraction of sp³-hybridized carbons (Fsp3) is 0.967. The van der Waals surface area contributed by atoms with Crippen LogP contribution < -0.4 is 0 Å². The van der Waals surface area contributed by atoms with E-state index in [4.69, 9.17) is 0 Å². The molecule has 34 heteroatoms. The molecule has 2 unspecified atom stereocenters. The predicted molar refractivity (Wildman–Crippen MR) is 152 cm³/mol. The Bertz CT molecular complexity index is 1510. The zero-order valence-electron chi connectivity index (χ0n) is 31.7. The molecule has 0 aromatic heterocycles. The predicted octanol–water partition coefficient (Wildman–Crippen LogP) is 11.2. The first-order chi connectivity index (χ1) is 28.0. The Labute approximate surface area is 341 Å². The maximum absolute atomic E-state index is 14.1. The lowest BCUT2D eigenvalue weighted by Gasteiger charge is -2.45. The summed E-state index contributed by atoms with van der Waals surface area (Å²) in [5, 5.41) is 0. The van der Waals surface area contributed by atoms with E-state index in [1.807, 2.05) is 0 Å². The molecular formula is C30H32F26O8. The molecule has 0 aromatic carbocycles. The summed E-state index contributed by atoms with van der Waals surface area (Å²) in [5.74, 6) is -39.1. The number of alkyl halides is 26. The Kier molecular flexibility index (Phi) is 18.5. The third-order valence-electron chi connectivity index (χ3n) is 7.42. The van der Waals surface area contributed by atoms with Gasteiger partial charge in [-0.25, -0.2) is 57.5 Å². The van der Waals surface area contributed by atoms with E-state index in [0.717, 1.165) is 6.92 Å². The Morgan fingerprint density at radius 1 is 0.469 bits per heavy atom. The van der Waals surface area contributed by atoms with E-state index in [1.54, 1.807) is 0 Å². The van der Waals surface area contributed by atoms with Crippen LogP contribution >= 0.6 is 0 Å². The Balaban J connectivity index is 2.74. The topological polar surface area (TPSA) is 81.7 Å². The molecule has 0 N–H and O–H groups in total. The minimum absolute atomic E-state index is 0.260. The van der Waals surface area contributed by atoms with Crippen molar-refractivity contribution in [3.8, 4) is 0 Å². The fourth-order valence-corrected chi connectivity index (χ4v) is 5.10. The Morgan fingerprint density at radius 2 is 0.828 bits per heavy atom. The van der Waals surface area contributed by atoms with Crippen molar-refractivity contribution in [3.05, 3.63) is 0 Å². The van der Waals surface area contributed by atoms with Crippen LogP contribution in [0.4, 0.5) is 114 Å². The van der Waals surface area contributed by atoms with E-state index in [9.17, 15) is 119 Å². The highest BCUT2D eigenvalue weighted by molar-refractivity contribution is 5.77. The maximum atomic E-state index is 14.1. The number of methoxy groups -OCH3 is 1. The van der Waals surface area contributed by atoms with Crippen molar-refractivity contribution in [2.45, 2.75) is 149 Å². The first-order valence-electron chi connectivity index (χ1n) is 16.9. The van der Waals surface area contributed by atoms with Crippen LogP contribution in [0, 0.1) is 0 Å². The lowest BCUT2D eigenvalue weighted by molar-refractivity contribution is -0.399. The largest absolute Gasteiger partial charge is 0.465 e. The molecule has 0 saturated heterocycles. The van der Waals surface area contributed by atoms with Crippen molar-refractivity contribution in [2.75, 3.05) is 33.5 Å². The molecule has 1 aliphatic carbocycles. The quantitative estimate of drug-likeness (QED) is 0.0520. The summed E-state index contributed by atoms with van der Waals surface area (Å²) in [6, 6.07) is 0. The molecule has 2 atom stereocenters. The zero-order valence-corrected chi connectivity index (χ0v) is 31.7. The number of hydrogen-bond acceptors (Lipinski definition) is 8. The van der Waals surface area contributed by atoms with Gasteiger partial charge in [0.15, 0.2) is 6.10 Å². The van der Waals surface area contributed by atoms with Crippen molar-refractivity contribution in [1.29, 1.82) is 0 Å². The number of rotatable bonds is 30. The summed E-state index contributed by atoms with van der Waals surface area (Å²) in [4.78, 5) is 10.8. The van der Waals surface area contributed by atoms with Crippen LogP contribution in [0.15, 0.2) is 0 Å². The monoisotopic (exact) mass is 1010 g/mol. The Morgan fingerprint density at radius 3 is 1.17 bits per heavy atom. The second-order valence-electron chi connectivity index (χ2n) is 14.1. The number of ether oxygens (including phenoxy) is 7. The molecule has 8 nitrogen and oxygen atoms in total. The van der Waals surface area contributed by atoms with Gasteiger partial charge in [-0.2, -0.15) is 61.5 Å². The zero-order chi connectivity index (χ0) is 50.7. The van der Waals surface area contributed by atoms with Gasteiger partial charge in [-0.1, -0.05) is 6.92 Å². The summed E-state index contributed by atoms with van der Waals surface area (Å²) in [7, 11) is 0.260. The molecule has 0 bridgehead atoms. The van der Waals surface area contributed by atoms with E-state index in [-0.39, 0.29) is 7.11 Å². The first-order valence-corrected chi connectivity index (χ1v) is 16.9. The molecule has 0 radical (unpaired) electrons. The van der Waals surface area contributed by atoms with Gasteiger partial charge in [0.25, 0.3) is 35.5 Å². The van der Waals surface area contributed by atoms with Crippen molar-refractivity contribution in [3.63, 3.8) is 0 Å². The second kappa shape index (κ2) is 19.9. The lowest BCUT2D eigenvalue weighted by atomic mass is 9.86. The lowest BCUT2D eigenvalue weighted by Crippen LogP contribution is -2.62. The molecule has 0 aliphatic heterocycles.